The van der Waals surface area contributed by atoms with Gasteiger partial charge in [0.25, 0.3) is 0 Å². The molecule has 2 nitrogen and oxygen atoms in total. The highest BCUT2D eigenvalue weighted by Gasteiger charge is 2.47. The van der Waals surface area contributed by atoms with Crippen molar-refractivity contribution in [3.8, 4) is 0 Å². The van der Waals surface area contributed by atoms with Gasteiger partial charge in [-0.3, -0.25) is 0 Å². The standard InChI is InChI=1S/C27H37F2N2/c1-16(2)20-11-9-12-21(17(3)4)24(20)30-15-31(27(29)26(30)28)25-22(18(5)6)13-10-14-23(25)19(7)8/h9-19,26-27H,1-8H3/q+1. The Morgan fingerprint density at radius 3 is 1.45 bits per heavy atom. The molecule has 0 spiro atoms. The summed E-state index contributed by atoms with van der Waals surface area (Å²) in [6.45, 7) is 16.8. The minimum Gasteiger partial charge on any atom is -0.195 e. The van der Waals surface area contributed by atoms with Crippen LogP contribution in [0, 0.1) is 0 Å². The van der Waals surface area contributed by atoms with E-state index in [2.05, 4.69) is 55.4 Å². The van der Waals surface area contributed by atoms with Gasteiger partial charge in [-0.05, 0) is 23.7 Å². The van der Waals surface area contributed by atoms with Gasteiger partial charge in [0.15, 0.2) is 0 Å². The van der Waals surface area contributed by atoms with Gasteiger partial charge in [-0.1, -0.05) is 91.8 Å². The molecule has 168 valence electrons. The number of halogens is 2. The van der Waals surface area contributed by atoms with E-state index in [-0.39, 0.29) is 23.7 Å². The highest BCUT2D eigenvalue weighted by Crippen LogP contribution is 2.42. The van der Waals surface area contributed by atoms with Gasteiger partial charge in [0.2, 0.25) is 6.34 Å². The molecule has 2 aromatic rings. The van der Waals surface area contributed by atoms with Crippen molar-refractivity contribution < 1.29 is 13.4 Å². The number of alkyl halides is 2. The zero-order chi connectivity index (χ0) is 23.0. The molecule has 0 amide bonds. The summed E-state index contributed by atoms with van der Waals surface area (Å²) in [6.07, 6.45) is -1.87. The van der Waals surface area contributed by atoms with Crippen LogP contribution in [0.25, 0.3) is 0 Å². The van der Waals surface area contributed by atoms with E-state index in [4.69, 9.17) is 0 Å². The lowest BCUT2D eigenvalue weighted by atomic mass is 9.92. The second-order valence-corrected chi connectivity index (χ2v) is 9.86. The van der Waals surface area contributed by atoms with Crippen LogP contribution in [0.3, 0.4) is 0 Å². The van der Waals surface area contributed by atoms with Crippen molar-refractivity contribution in [3.63, 3.8) is 0 Å². The number of anilines is 1. The van der Waals surface area contributed by atoms with Gasteiger partial charge in [-0.2, -0.15) is 18.3 Å². The van der Waals surface area contributed by atoms with Crippen molar-refractivity contribution in [1.82, 2.24) is 0 Å². The Morgan fingerprint density at radius 1 is 0.677 bits per heavy atom. The van der Waals surface area contributed by atoms with E-state index in [9.17, 15) is 0 Å². The lowest BCUT2D eigenvalue weighted by molar-refractivity contribution is -0.513. The molecule has 4 heteroatoms. The second-order valence-electron chi connectivity index (χ2n) is 9.86. The topological polar surface area (TPSA) is 6.25 Å². The minimum absolute atomic E-state index is 0.204. The maximum atomic E-state index is 15.6. The van der Waals surface area contributed by atoms with Crippen LogP contribution in [0.2, 0.25) is 0 Å². The van der Waals surface area contributed by atoms with Gasteiger partial charge in [0.1, 0.15) is 11.4 Å². The molecule has 0 bridgehead atoms. The van der Waals surface area contributed by atoms with Gasteiger partial charge in [-0.25, -0.2) is 0 Å². The normalized spacial score (nSPS) is 19.3. The summed E-state index contributed by atoms with van der Waals surface area (Å²) in [5.41, 5.74) is 5.78. The molecule has 2 atom stereocenters. The molecule has 31 heavy (non-hydrogen) atoms. The molecule has 1 heterocycles. The molecule has 0 radical (unpaired) electrons. The molecule has 0 aliphatic carbocycles. The second kappa shape index (κ2) is 9.10. The largest absolute Gasteiger partial charge is 0.310 e. The van der Waals surface area contributed by atoms with E-state index >= 15 is 8.78 Å². The number of hydrogen-bond acceptors (Lipinski definition) is 1. The summed E-state index contributed by atoms with van der Waals surface area (Å²) in [7, 11) is 0. The van der Waals surface area contributed by atoms with Gasteiger partial charge < -0.3 is 0 Å². The van der Waals surface area contributed by atoms with Crippen molar-refractivity contribution in [1.29, 1.82) is 0 Å². The van der Waals surface area contributed by atoms with Crippen LogP contribution in [0.15, 0.2) is 36.4 Å². The molecule has 0 N–H and O–H groups in total. The number of rotatable bonds is 6. The minimum atomic E-state index is -1.77. The number of para-hydroxylation sites is 2. The maximum Gasteiger partial charge on any atom is 0.310 e. The van der Waals surface area contributed by atoms with Crippen molar-refractivity contribution in [2.75, 3.05) is 4.90 Å². The third kappa shape index (κ3) is 4.26. The predicted octanol–water partition coefficient (Wildman–Crippen LogP) is 7.96. The Bertz CT molecular complexity index is 907. The van der Waals surface area contributed by atoms with Crippen LogP contribution in [-0.4, -0.2) is 23.5 Å². The van der Waals surface area contributed by atoms with E-state index in [0.29, 0.717) is 0 Å². The molecular formula is C27H37F2N2+. The highest BCUT2D eigenvalue weighted by atomic mass is 19.2. The van der Waals surface area contributed by atoms with Gasteiger partial charge in [-0.15, -0.1) is 0 Å². The Labute approximate surface area is 186 Å². The van der Waals surface area contributed by atoms with E-state index in [1.165, 1.54) is 9.48 Å². The first-order chi connectivity index (χ1) is 14.6. The SMILES string of the molecule is CC(C)c1cccc(C(C)C)c1N1C=[N+](c2c(C(C)C)cccc2C(C)C)C(F)C1F. The van der Waals surface area contributed by atoms with E-state index in [0.717, 1.165) is 33.6 Å². The van der Waals surface area contributed by atoms with Crippen molar-refractivity contribution >= 4 is 17.7 Å². The lowest BCUT2D eigenvalue weighted by Gasteiger charge is -2.22. The molecule has 2 unspecified atom stereocenters. The summed E-state index contributed by atoms with van der Waals surface area (Å²) >= 11 is 0. The Morgan fingerprint density at radius 2 is 1.06 bits per heavy atom. The van der Waals surface area contributed by atoms with Crippen LogP contribution in [0.1, 0.15) is 101 Å². The average molecular weight is 428 g/mol. The molecule has 0 aromatic heterocycles. The first-order valence-corrected chi connectivity index (χ1v) is 11.5. The summed E-state index contributed by atoms with van der Waals surface area (Å²) in [4.78, 5) is 1.52. The van der Waals surface area contributed by atoms with Crippen molar-refractivity contribution in [2.45, 2.75) is 91.7 Å². The zero-order valence-electron chi connectivity index (χ0n) is 20.2. The smallest absolute Gasteiger partial charge is 0.195 e. The van der Waals surface area contributed by atoms with Crippen molar-refractivity contribution in [3.05, 3.63) is 58.7 Å². The third-order valence-electron chi connectivity index (χ3n) is 6.21. The summed E-state index contributed by atoms with van der Waals surface area (Å²) in [5, 5.41) is 0. The van der Waals surface area contributed by atoms with Crippen LogP contribution < -0.4 is 4.90 Å². The summed E-state index contributed by atoms with van der Waals surface area (Å²) in [5.74, 6) is 0.817. The fourth-order valence-corrected chi connectivity index (χ4v) is 4.51. The Hall–Kier alpha value is -2.23. The maximum absolute atomic E-state index is 15.6. The molecule has 3 rings (SSSR count). The van der Waals surface area contributed by atoms with Gasteiger partial charge >= 0.3 is 12.6 Å². The average Bonchev–Trinajstić information content (AvgIpc) is 3.00. The number of benzene rings is 2. The lowest BCUT2D eigenvalue weighted by Crippen LogP contribution is -2.33. The first kappa shape index (κ1) is 23.4. The zero-order valence-corrected chi connectivity index (χ0v) is 20.2. The molecule has 2 aromatic carbocycles. The van der Waals surface area contributed by atoms with E-state index in [1.54, 1.807) is 6.34 Å². The number of nitrogens with zero attached hydrogens (tertiary/aromatic N) is 2. The van der Waals surface area contributed by atoms with Gasteiger partial charge in [0.05, 0.1) is 0 Å². The van der Waals surface area contributed by atoms with Crippen LogP contribution >= 0.6 is 0 Å². The third-order valence-corrected chi connectivity index (χ3v) is 6.21. The predicted molar refractivity (Wildman–Crippen MR) is 127 cm³/mol. The Kier molecular flexibility index (Phi) is 6.88. The molecule has 0 fully saturated rings. The molecule has 1 aliphatic rings. The van der Waals surface area contributed by atoms with E-state index in [1.807, 2.05) is 36.4 Å². The van der Waals surface area contributed by atoms with Gasteiger partial charge in [0, 0.05) is 22.3 Å². The Balaban J connectivity index is 2.26. The summed E-state index contributed by atoms with van der Waals surface area (Å²) < 4.78 is 32.8. The number of hydrogen-bond donors (Lipinski definition) is 0. The fourth-order valence-electron chi connectivity index (χ4n) is 4.51. The molecule has 0 saturated carbocycles. The van der Waals surface area contributed by atoms with Crippen LogP contribution in [-0.2, 0) is 0 Å². The van der Waals surface area contributed by atoms with Crippen LogP contribution in [0.5, 0.6) is 0 Å². The quantitative estimate of drug-likeness (QED) is 0.335. The molecular weight excluding hydrogens is 390 g/mol. The highest BCUT2D eigenvalue weighted by molar-refractivity contribution is 5.83. The summed E-state index contributed by atoms with van der Waals surface area (Å²) in [6, 6.07) is 12.2. The first-order valence-electron chi connectivity index (χ1n) is 11.5. The van der Waals surface area contributed by atoms with Crippen LogP contribution in [0.4, 0.5) is 20.2 Å². The van der Waals surface area contributed by atoms with E-state index < -0.39 is 12.6 Å². The molecule has 0 saturated heterocycles. The van der Waals surface area contributed by atoms with Crippen molar-refractivity contribution in [2.24, 2.45) is 0 Å². The monoisotopic (exact) mass is 427 g/mol. The molecule has 1 aliphatic heterocycles. The fraction of sp³-hybridized carbons (Fsp3) is 0.519.